The van der Waals surface area contributed by atoms with Crippen LogP contribution in [0.1, 0.15) is 12.8 Å². The van der Waals surface area contributed by atoms with E-state index in [-0.39, 0.29) is 0 Å². The molecule has 2 aliphatic heterocycles. The van der Waals surface area contributed by atoms with Crippen LogP contribution in [-0.4, -0.2) is 25.1 Å². The number of hydrogen-bond donors (Lipinski definition) is 1. The van der Waals surface area contributed by atoms with Gasteiger partial charge in [-0.15, -0.1) is 0 Å². The lowest BCUT2D eigenvalue weighted by molar-refractivity contribution is 0.441. The number of carbonyl (C=O) groups excluding carboxylic acids is 1. The van der Waals surface area contributed by atoms with Crippen molar-refractivity contribution in [3.63, 3.8) is 0 Å². The summed E-state index contributed by atoms with van der Waals surface area (Å²) in [5.74, 6) is 2.55. The summed E-state index contributed by atoms with van der Waals surface area (Å²) in [6.45, 7) is 1.77. The van der Waals surface area contributed by atoms with E-state index in [1.807, 2.05) is 30.2 Å². The summed E-state index contributed by atoms with van der Waals surface area (Å²) in [5.41, 5.74) is 2.08. The van der Waals surface area contributed by atoms with Gasteiger partial charge in [-0.25, -0.2) is 10.1 Å². The van der Waals surface area contributed by atoms with Gasteiger partial charge in [0.15, 0.2) is 11.8 Å². The number of nitrogens with zero attached hydrogens (tertiary/aromatic N) is 2. The molecule has 87 valence electrons. The van der Waals surface area contributed by atoms with E-state index in [1.165, 1.54) is 0 Å². The number of fused-ring (bicyclic) bond motifs is 1. The topological polar surface area (TPSA) is 46.4 Å². The number of nitrogens with one attached hydrogen (secondary N) is 1. The van der Waals surface area contributed by atoms with Crippen LogP contribution >= 0.6 is 0 Å². The Morgan fingerprint density at radius 1 is 1.29 bits per heavy atom. The van der Waals surface area contributed by atoms with Crippen LogP contribution in [0, 0.1) is 0 Å². The molecule has 0 aliphatic carbocycles. The average Bonchev–Trinajstić information content (AvgIpc) is 2.78. The Hall–Kier alpha value is -1.77. The van der Waals surface area contributed by atoms with Crippen LogP contribution in [0.15, 0.2) is 30.1 Å². The summed E-state index contributed by atoms with van der Waals surface area (Å²) in [7, 11) is 0. The van der Waals surface area contributed by atoms with E-state index in [0.29, 0.717) is 11.9 Å². The van der Waals surface area contributed by atoms with Gasteiger partial charge < -0.3 is 10.2 Å². The summed E-state index contributed by atoms with van der Waals surface area (Å²) >= 11 is 0. The first-order chi connectivity index (χ1) is 8.40. The van der Waals surface area contributed by atoms with Crippen molar-refractivity contribution in [3.8, 4) is 0 Å². The molecular formula is C13H14N3O. The highest BCUT2D eigenvalue weighted by atomic mass is 16.1. The number of piperidine rings is 1. The summed E-state index contributed by atoms with van der Waals surface area (Å²) in [6.07, 6.45) is 2.00. The van der Waals surface area contributed by atoms with E-state index in [9.17, 15) is 4.79 Å². The van der Waals surface area contributed by atoms with Gasteiger partial charge >= 0.3 is 0 Å². The van der Waals surface area contributed by atoms with Gasteiger partial charge in [-0.3, -0.25) is 0 Å². The predicted molar refractivity (Wildman–Crippen MR) is 66.6 cm³/mol. The Morgan fingerprint density at radius 2 is 2.06 bits per heavy atom. The molecule has 2 heterocycles. The first-order valence-corrected chi connectivity index (χ1v) is 5.94. The van der Waals surface area contributed by atoms with Gasteiger partial charge in [0.2, 0.25) is 0 Å². The fraction of sp³-hybridized carbons (Fsp3) is 0.385. The van der Waals surface area contributed by atoms with Crippen LogP contribution in [0.2, 0.25) is 0 Å². The Balaban J connectivity index is 1.98. The highest BCUT2D eigenvalue weighted by Crippen LogP contribution is 2.38. The molecule has 0 spiro atoms. The molecule has 0 saturated carbocycles. The predicted octanol–water partition coefficient (Wildman–Crippen LogP) is 1.36. The number of benzene rings is 1. The lowest BCUT2D eigenvalue weighted by Crippen LogP contribution is -2.40. The van der Waals surface area contributed by atoms with Crippen molar-refractivity contribution >= 4 is 17.3 Å². The number of para-hydroxylation sites is 2. The summed E-state index contributed by atoms with van der Waals surface area (Å²) in [6, 6.07) is 8.35. The van der Waals surface area contributed by atoms with Crippen LogP contribution in [0.4, 0.5) is 11.4 Å². The first-order valence-electron chi connectivity index (χ1n) is 5.94. The van der Waals surface area contributed by atoms with Gasteiger partial charge in [-0.2, -0.15) is 0 Å². The zero-order valence-corrected chi connectivity index (χ0v) is 9.52. The van der Waals surface area contributed by atoms with Crippen molar-refractivity contribution in [1.82, 2.24) is 5.32 Å². The van der Waals surface area contributed by atoms with E-state index >= 15 is 0 Å². The summed E-state index contributed by atoms with van der Waals surface area (Å²) in [4.78, 5) is 13.1. The maximum Gasteiger partial charge on any atom is 0.198 e. The molecule has 4 heteroatoms. The minimum atomic E-state index is 0.361. The van der Waals surface area contributed by atoms with Crippen molar-refractivity contribution in [2.75, 3.05) is 23.3 Å². The van der Waals surface area contributed by atoms with Crippen molar-refractivity contribution in [3.05, 3.63) is 30.1 Å². The molecule has 0 amide bonds. The van der Waals surface area contributed by atoms with Gasteiger partial charge in [0.1, 0.15) is 0 Å². The third kappa shape index (κ3) is 1.71. The van der Waals surface area contributed by atoms with Crippen LogP contribution < -0.4 is 15.5 Å². The number of rotatable bonds is 1. The molecule has 2 aliphatic rings. The quantitative estimate of drug-likeness (QED) is 0.738. The maximum absolute atomic E-state index is 11.0. The minimum absolute atomic E-state index is 0.361. The fourth-order valence-electron chi connectivity index (χ4n) is 2.55. The van der Waals surface area contributed by atoms with Crippen LogP contribution in [0.3, 0.4) is 0 Å². The van der Waals surface area contributed by atoms with Crippen molar-refractivity contribution in [2.45, 2.75) is 18.9 Å². The summed E-state index contributed by atoms with van der Waals surface area (Å²) < 4.78 is 0. The van der Waals surface area contributed by atoms with Crippen molar-refractivity contribution in [1.29, 1.82) is 0 Å². The molecule has 3 rings (SSSR count). The van der Waals surface area contributed by atoms with E-state index in [0.717, 1.165) is 37.3 Å². The molecule has 4 nitrogen and oxygen atoms in total. The molecule has 1 aromatic rings. The van der Waals surface area contributed by atoms with Gasteiger partial charge in [0.05, 0.1) is 11.4 Å². The van der Waals surface area contributed by atoms with E-state index in [4.69, 9.17) is 0 Å². The lowest BCUT2D eigenvalue weighted by atomic mass is 10.0. The second-order valence-electron chi connectivity index (χ2n) is 4.36. The Bertz CT molecular complexity index is 473. The summed E-state index contributed by atoms with van der Waals surface area (Å²) in [5, 5.41) is 7.47. The third-order valence-electron chi connectivity index (χ3n) is 3.36. The average molecular weight is 228 g/mol. The van der Waals surface area contributed by atoms with Gasteiger partial charge in [0.25, 0.3) is 0 Å². The molecule has 1 fully saturated rings. The third-order valence-corrected chi connectivity index (χ3v) is 3.36. The van der Waals surface area contributed by atoms with Gasteiger partial charge in [-0.05, 0) is 25.0 Å². The Kier molecular flexibility index (Phi) is 2.59. The molecule has 17 heavy (non-hydrogen) atoms. The lowest BCUT2D eigenvalue weighted by Gasteiger charge is -2.31. The molecule has 0 unspecified atom stereocenters. The molecule has 0 bridgehead atoms. The molecule has 1 saturated heterocycles. The van der Waals surface area contributed by atoms with Crippen LogP contribution in [0.25, 0.3) is 0 Å². The van der Waals surface area contributed by atoms with E-state index in [1.54, 1.807) is 0 Å². The van der Waals surface area contributed by atoms with Crippen molar-refractivity contribution < 1.29 is 4.79 Å². The fourth-order valence-corrected chi connectivity index (χ4v) is 2.55. The molecule has 1 N–H and O–H groups in total. The highest BCUT2D eigenvalue weighted by molar-refractivity contribution is 5.86. The molecular weight excluding hydrogens is 214 g/mol. The Labute approximate surface area is 100 Å². The maximum atomic E-state index is 11.0. The van der Waals surface area contributed by atoms with E-state index in [2.05, 4.69) is 15.5 Å². The Morgan fingerprint density at radius 3 is 2.82 bits per heavy atom. The van der Waals surface area contributed by atoms with Crippen LogP contribution in [0.5, 0.6) is 0 Å². The molecule has 1 aromatic carbocycles. The molecule has 0 aromatic heterocycles. The highest BCUT2D eigenvalue weighted by Gasteiger charge is 2.31. The zero-order valence-electron chi connectivity index (χ0n) is 9.52. The minimum Gasteiger partial charge on any atom is -0.330 e. The SMILES string of the molecule is O=C=C1Nc2ccccc2N1C1CC[N]CC1. The zero-order chi connectivity index (χ0) is 11.7. The molecule has 0 atom stereocenters. The van der Waals surface area contributed by atoms with Gasteiger partial charge in [0, 0.05) is 19.1 Å². The second-order valence-corrected chi connectivity index (χ2v) is 4.36. The smallest absolute Gasteiger partial charge is 0.198 e. The standard InChI is InChI=1S/C13H14N3O/c17-9-13-15-11-3-1-2-4-12(11)16(13)10-5-7-14-8-6-10/h1-4,10,15H,5-8H2. The molecule has 1 radical (unpaired) electrons. The largest absolute Gasteiger partial charge is 0.330 e. The normalized spacial score (nSPS) is 19.8. The van der Waals surface area contributed by atoms with Crippen LogP contribution in [-0.2, 0) is 4.79 Å². The monoisotopic (exact) mass is 228 g/mol. The first kappa shape index (κ1) is 10.4. The number of hydrogen-bond acceptors (Lipinski definition) is 3. The van der Waals surface area contributed by atoms with E-state index < -0.39 is 0 Å². The van der Waals surface area contributed by atoms with Gasteiger partial charge in [-0.1, -0.05) is 12.1 Å². The van der Waals surface area contributed by atoms with Crippen molar-refractivity contribution in [2.24, 2.45) is 0 Å². The second kappa shape index (κ2) is 4.24. The number of anilines is 2.